The summed E-state index contributed by atoms with van der Waals surface area (Å²) in [7, 11) is 0. The van der Waals surface area contributed by atoms with Crippen molar-refractivity contribution in [2.24, 2.45) is 5.92 Å². The highest BCUT2D eigenvalue weighted by atomic mass is 35.5. The van der Waals surface area contributed by atoms with Crippen molar-refractivity contribution in [2.75, 3.05) is 17.7 Å². The quantitative estimate of drug-likeness (QED) is 0.368. The minimum absolute atomic E-state index is 0.0847. The first-order valence-electron chi connectivity index (χ1n) is 11.2. The third-order valence-electron chi connectivity index (χ3n) is 5.61. The summed E-state index contributed by atoms with van der Waals surface area (Å²) >= 11 is 17.9. The Morgan fingerprint density at radius 2 is 1.97 bits per heavy atom. The van der Waals surface area contributed by atoms with Gasteiger partial charge < -0.3 is 15.0 Å². The molecule has 1 N–H and O–H groups in total. The number of anilines is 1. The summed E-state index contributed by atoms with van der Waals surface area (Å²) in [6, 6.07) is 4.71. The molecule has 1 aliphatic rings. The zero-order chi connectivity index (χ0) is 25.8. The zero-order valence-electron chi connectivity index (χ0n) is 19.8. The average Bonchev–Trinajstić information content (AvgIpc) is 3.16. The first-order valence-corrected chi connectivity index (χ1v) is 12.5. The lowest BCUT2D eigenvalue weighted by atomic mass is 9.75. The van der Waals surface area contributed by atoms with Crippen molar-refractivity contribution >= 4 is 58.3 Å². The van der Waals surface area contributed by atoms with Gasteiger partial charge in [0, 0.05) is 17.5 Å². The molecule has 0 bridgehead atoms. The molecule has 1 saturated carbocycles. The largest absolute Gasteiger partial charge is 0.460 e. The standard InChI is InChI=1S/C23H28Cl3N5O4/c1-23(2,3)35-22(34)9-5-14-4-7-17(14)30(21(33)11-24)13-20(32)27-16-10-15(25)6-8-18(16)31-12-19(26)28-29-31/h6,8,10,12,14,17H,4-5,7,9,11,13H2,1-3H3,(H,27,32). The number of nitrogens with one attached hydrogen (secondary N) is 1. The molecule has 2 atom stereocenters. The van der Waals surface area contributed by atoms with E-state index in [1.54, 1.807) is 18.2 Å². The molecule has 1 heterocycles. The summed E-state index contributed by atoms with van der Waals surface area (Å²) in [6.07, 6.45) is 3.90. The minimum atomic E-state index is -0.550. The molecule has 0 radical (unpaired) electrons. The first kappa shape index (κ1) is 27.2. The number of nitrogens with zero attached hydrogens (tertiary/aromatic N) is 4. The van der Waals surface area contributed by atoms with E-state index < -0.39 is 11.5 Å². The van der Waals surface area contributed by atoms with Crippen LogP contribution in [0.5, 0.6) is 0 Å². The van der Waals surface area contributed by atoms with Gasteiger partial charge in [0.05, 0.1) is 17.6 Å². The number of ether oxygens (including phenoxy) is 1. The minimum Gasteiger partial charge on any atom is -0.460 e. The Bertz CT molecular complexity index is 1090. The topological polar surface area (TPSA) is 106 Å². The number of aromatic nitrogens is 3. The van der Waals surface area contributed by atoms with E-state index in [0.717, 1.165) is 12.8 Å². The van der Waals surface area contributed by atoms with Gasteiger partial charge in [0.2, 0.25) is 11.8 Å². The van der Waals surface area contributed by atoms with E-state index in [2.05, 4.69) is 15.6 Å². The second-order valence-corrected chi connectivity index (χ2v) is 10.5. The number of rotatable bonds is 9. The van der Waals surface area contributed by atoms with Crippen LogP contribution in [-0.2, 0) is 19.1 Å². The van der Waals surface area contributed by atoms with Crippen molar-refractivity contribution in [2.45, 2.75) is 58.1 Å². The maximum Gasteiger partial charge on any atom is 0.306 e. The van der Waals surface area contributed by atoms with E-state index in [4.69, 9.17) is 39.5 Å². The van der Waals surface area contributed by atoms with Gasteiger partial charge in [-0.2, -0.15) is 0 Å². The van der Waals surface area contributed by atoms with E-state index in [1.165, 1.54) is 15.8 Å². The van der Waals surface area contributed by atoms with E-state index in [-0.39, 0.29) is 47.8 Å². The highest BCUT2D eigenvalue weighted by molar-refractivity contribution is 6.31. The fourth-order valence-electron chi connectivity index (χ4n) is 3.98. The fraction of sp³-hybridized carbons (Fsp3) is 0.522. The summed E-state index contributed by atoms with van der Waals surface area (Å²) in [5.74, 6) is -1.21. The molecule has 0 aliphatic heterocycles. The Labute approximate surface area is 219 Å². The van der Waals surface area contributed by atoms with Crippen LogP contribution in [0.1, 0.15) is 46.5 Å². The number of halogens is 3. The van der Waals surface area contributed by atoms with Crippen LogP contribution in [0.4, 0.5) is 5.69 Å². The van der Waals surface area contributed by atoms with Crippen molar-refractivity contribution in [1.29, 1.82) is 0 Å². The van der Waals surface area contributed by atoms with Gasteiger partial charge in [-0.05, 0) is 64.2 Å². The molecule has 0 spiro atoms. The van der Waals surface area contributed by atoms with Crippen molar-refractivity contribution in [3.8, 4) is 5.69 Å². The summed E-state index contributed by atoms with van der Waals surface area (Å²) in [4.78, 5) is 39.2. The van der Waals surface area contributed by atoms with E-state index in [1.807, 2.05) is 20.8 Å². The van der Waals surface area contributed by atoms with Crippen LogP contribution in [0.3, 0.4) is 0 Å². The summed E-state index contributed by atoms with van der Waals surface area (Å²) < 4.78 is 6.79. The Morgan fingerprint density at radius 3 is 2.54 bits per heavy atom. The molecule has 35 heavy (non-hydrogen) atoms. The van der Waals surface area contributed by atoms with E-state index >= 15 is 0 Å². The van der Waals surface area contributed by atoms with Crippen molar-refractivity contribution in [3.05, 3.63) is 34.6 Å². The number of hydrogen-bond acceptors (Lipinski definition) is 6. The predicted molar refractivity (Wildman–Crippen MR) is 134 cm³/mol. The van der Waals surface area contributed by atoms with Crippen LogP contribution in [-0.4, -0.2) is 61.7 Å². The highest BCUT2D eigenvalue weighted by Crippen LogP contribution is 2.36. The maximum absolute atomic E-state index is 13.0. The summed E-state index contributed by atoms with van der Waals surface area (Å²) in [5, 5.41) is 11.1. The lowest BCUT2D eigenvalue weighted by molar-refractivity contribution is -0.155. The first-order chi connectivity index (χ1) is 16.5. The Kier molecular flexibility index (Phi) is 9.01. The van der Waals surface area contributed by atoms with Crippen LogP contribution in [0.2, 0.25) is 10.2 Å². The van der Waals surface area contributed by atoms with Crippen molar-refractivity contribution < 1.29 is 19.1 Å². The van der Waals surface area contributed by atoms with Crippen molar-refractivity contribution in [3.63, 3.8) is 0 Å². The zero-order valence-corrected chi connectivity index (χ0v) is 22.0. The molecule has 2 amide bonds. The number of benzene rings is 1. The fourth-order valence-corrected chi connectivity index (χ4v) is 4.43. The van der Waals surface area contributed by atoms with Gasteiger partial charge in [0.1, 0.15) is 18.0 Å². The molecule has 1 aliphatic carbocycles. The van der Waals surface area contributed by atoms with Gasteiger partial charge in [0.15, 0.2) is 5.15 Å². The third kappa shape index (κ3) is 7.56. The molecule has 1 fully saturated rings. The highest BCUT2D eigenvalue weighted by Gasteiger charge is 2.38. The third-order valence-corrected chi connectivity index (χ3v) is 6.25. The predicted octanol–water partition coefficient (Wildman–Crippen LogP) is 4.48. The smallest absolute Gasteiger partial charge is 0.306 e. The second-order valence-electron chi connectivity index (χ2n) is 9.38. The molecule has 2 aromatic rings. The van der Waals surface area contributed by atoms with Crippen LogP contribution in [0.15, 0.2) is 24.4 Å². The SMILES string of the molecule is CC(C)(C)OC(=O)CCC1CCC1N(CC(=O)Nc1cc(Cl)ccc1-n1cc(Cl)nn1)C(=O)CCl. The monoisotopic (exact) mass is 543 g/mol. The molecule has 190 valence electrons. The van der Waals surface area contributed by atoms with Gasteiger partial charge >= 0.3 is 5.97 Å². The number of alkyl halides is 1. The Morgan fingerprint density at radius 1 is 1.23 bits per heavy atom. The van der Waals surface area contributed by atoms with Gasteiger partial charge in [-0.15, -0.1) is 16.7 Å². The van der Waals surface area contributed by atoms with Crippen LogP contribution in [0, 0.1) is 5.92 Å². The van der Waals surface area contributed by atoms with Crippen molar-refractivity contribution in [1.82, 2.24) is 19.9 Å². The van der Waals surface area contributed by atoms with Gasteiger partial charge in [0.25, 0.3) is 0 Å². The van der Waals surface area contributed by atoms with Crippen LogP contribution < -0.4 is 5.32 Å². The number of carbonyl (C=O) groups excluding carboxylic acids is 3. The molecule has 0 saturated heterocycles. The summed E-state index contributed by atoms with van der Waals surface area (Å²) in [6.45, 7) is 5.27. The van der Waals surface area contributed by atoms with E-state index in [9.17, 15) is 14.4 Å². The molecule has 2 unspecified atom stereocenters. The molecule has 12 heteroatoms. The van der Waals surface area contributed by atoms with Gasteiger partial charge in [-0.25, -0.2) is 4.68 Å². The molecule has 1 aromatic carbocycles. The average molecular weight is 545 g/mol. The van der Waals surface area contributed by atoms with Crippen LogP contribution in [0.25, 0.3) is 5.69 Å². The molecule has 9 nitrogen and oxygen atoms in total. The molecular weight excluding hydrogens is 517 g/mol. The van der Waals surface area contributed by atoms with Gasteiger partial charge in [-0.1, -0.05) is 28.4 Å². The lowest BCUT2D eigenvalue weighted by Gasteiger charge is -2.44. The molecular formula is C23H28Cl3N5O4. The Hall–Kier alpha value is -2.36. The van der Waals surface area contributed by atoms with Gasteiger partial charge in [-0.3, -0.25) is 14.4 Å². The second kappa shape index (κ2) is 11.6. The normalized spacial score (nSPS) is 17.4. The Balaban J connectivity index is 1.67. The summed E-state index contributed by atoms with van der Waals surface area (Å²) in [5.41, 5.74) is 0.347. The number of hydrogen-bond donors (Lipinski definition) is 1. The lowest BCUT2D eigenvalue weighted by Crippen LogP contribution is -2.53. The maximum atomic E-state index is 13.0. The molecule has 1 aromatic heterocycles. The van der Waals surface area contributed by atoms with Crippen LogP contribution >= 0.6 is 34.8 Å². The number of carbonyl (C=O) groups is 3. The number of amides is 2. The van der Waals surface area contributed by atoms with E-state index in [0.29, 0.717) is 22.8 Å². The molecule has 3 rings (SSSR count). The number of esters is 1.